The lowest BCUT2D eigenvalue weighted by Crippen LogP contribution is -2.35. The van der Waals surface area contributed by atoms with Gasteiger partial charge in [-0.2, -0.15) is 0 Å². The van der Waals surface area contributed by atoms with Crippen LogP contribution in [0.15, 0.2) is 109 Å². The van der Waals surface area contributed by atoms with Crippen LogP contribution in [0.3, 0.4) is 0 Å². The molecule has 168 valence electrons. The molecule has 4 rings (SSSR count). The molecule has 3 heteroatoms. The second kappa shape index (κ2) is 11.2. The molecule has 33 heavy (non-hydrogen) atoms. The van der Waals surface area contributed by atoms with Gasteiger partial charge < -0.3 is 0 Å². The van der Waals surface area contributed by atoms with E-state index in [2.05, 4.69) is 141 Å². The fourth-order valence-electron chi connectivity index (χ4n) is 4.11. The zero-order valence-corrected chi connectivity index (χ0v) is 21.8. The van der Waals surface area contributed by atoms with Crippen molar-refractivity contribution in [2.45, 2.75) is 27.7 Å². The van der Waals surface area contributed by atoms with E-state index < -0.39 is 16.1 Å². The van der Waals surface area contributed by atoms with E-state index in [1.165, 1.54) is 32.3 Å². The molecule has 0 aromatic heterocycles. The SMILES string of the molecule is Cc1ccccc1P(c1ccccc1C)N(CC(C)C)P(c1ccccc1)c1ccccc1. The molecular weight excluding hydrogens is 436 g/mol. The van der Waals surface area contributed by atoms with Crippen LogP contribution in [0.25, 0.3) is 0 Å². The van der Waals surface area contributed by atoms with Gasteiger partial charge in [0.15, 0.2) is 0 Å². The molecule has 0 bridgehead atoms. The largest absolute Gasteiger partial charge is 0.244 e. The van der Waals surface area contributed by atoms with Gasteiger partial charge in [0.1, 0.15) is 0 Å². The molecule has 0 atom stereocenters. The van der Waals surface area contributed by atoms with Crippen molar-refractivity contribution in [2.75, 3.05) is 6.54 Å². The van der Waals surface area contributed by atoms with Gasteiger partial charge >= 0.3 is 0 Å². The summed E-state index contributed by atoms with van der Waals surface area (Å²) in [6.07, 6.45) is 0. The number of nitrogens with zero attached hydrogens (tertiary/aromatic N) is 1. The minimum Gasteiger partial charge on any atom is -0.244 e. The Morgan fingerprint density at radius 3 is 1.33 bits per heavy atom. The van der Waals surface area contributed by atoms with Crippen molar-refractivity contribution in [3.63, 3.8) is 0 Å². The Balaban J connectivity index is 1.98. The first-order valence-corrected chi connectivity index (χ1v) is 14.2. The molecule has 0 unspecified atom stereocenters. The Kier molecular flexibility index (Phi) is 8.11. The third kappa shape index (κ3) is 5.62. The van der Waals surface area contributed by atoms with E-state index in [1.54, 1.807) is 0 Å². The molecule has 0 saturated carbocycles. The molecular formula is C30H33NP2. The van der Waals surface area contributed by atoms with Crippen molar-refractivity contribution >= 4 is 37.4 Å². The summed E-state index contributed by atoms with van der Waals surface area (Å²) in [5.41, 5.74) is 2.74. The molecule has 0 N–H and O–H groups in total. The minimum atomic E-state index is -0.713. The average molecular weight is 470 g/mol. The number of aryl methyl sites for hydroxylation is 2. The van der Waals surface area contributed by atoms with Crippen LogP contribution in [0.5, 0.6) is 0 Å². The first-order valence-electron chi connectivity index (χ1n) is 11.6. The number of benzene rings is 4. The number of hydrogen-bond acceptors (Lipinski definition) is 1. The van der Waals surface area contributed by atoms with E-state index >= 15 is 0 Å². The van der Waals surface area contributed by atoms with Crippen LogP contribution in [0.4, 0.5) is 0 Å². The van der Waals surface area contributed by atoms with Crippen molar-refractivity contribution in [1.82, 2.24) is 4.44 Å². The van der Waals surface area contributed by atoms with Gasteiger partial charge in [0.25, 0.3) is 0 Å². The van der Waals surface area contributed by atoms with E-state index in [4.69, 9.17) is 0 Å². The van der Waals surface area contributed by atoms with Crippen LogP contribution < -0.4 is 21.2 Å². The van der Waals surface area contributed by atoms with Crippen molar-refractivity contribution in [1.29, 1.82) is 0 Å². The van der Waals surface area contributed by atoms with Crippen LogP contribution in [-0.2, 0) is 0 Å². The van der Waals surface area contributed by atoms with Crippen molar-refractivity contribution in [3.05, 3.63) is 120 Å². The van der Waals surface area contributed by atoms with Gasteiger partial charge in [-0.1, -0.05) is 123 Å². The Morgan fingerprint density at radius 1 is 0.545 bits per heavy atom. The highest BCUT2D eigenvalue weighted by atomic mass is 31.2. The molecule has 0 aliphatic rings. The van der Waals surface area contributed by atoms with Crippen LogP contribution in [0.1, 0.15) is 25.0 Å². The van der Waals surface area contributed by atoms with E-state index in [9.17, 15) is 0 Å². The Hall–Kier alpha value is -2.30. The van der Waals surface area contributed by atoms with Crippen molar-refractivity contribution < 1.29 is 0 Å². The summed E-state index contributed by atoms with van der Waals surface area (Å²) in [5, 5.41) is 5.74. The summed E-state index contributed by atoms with van der Waals surface area (Å²) in [5.74, 6) is 0.556. The van der Waals surface area contributed by atoms with Gasteiger partial charge in [-0.15, -0.1) is 0 Å². The standard InChI is InChI=1S/C30H33NP2/c1-24(2)23-31(32(27-17-7-5-8-18-27)28-19-9-6-10-20-28)33(29-21-13-11-15-25(29)3)30-22-14-12-16-26(30)4/h5-22,24H,23H2,1-4H3. The third-order valence-corrected chi connectivity index (χ3v) is 11.5. The third-order valence-electron chi connectivity index (χ3n) is 5.68. The minimum absolute atomic E-state index is 0.556. The molecule has 4 aromatic carbocycles. The van der Waals surface area contributed by atoms with Crippen LogP contribution >= 0.6 is 16.1 Å². The lowest BCUT2D eigenvalue weighted by molar-refractivity contribution is 0.544. The molecule has 0 radical (unpaired) electrons. The molecule has 0 aliphatic carbocycles. The van der Waals surface area contributed by atoms with Crippen LogP contribution in [-0.4, -0.2) is 11.0 Å². The van der Waals surface area contributed by atoms with E-state index in [0.717, 1.165) is 6.54 Å². The maximum absolute atomic E-state index is 2.85. The normalized spacial score (nSPS) is 11.6. The zero-order valence-electron chi connectivity index (χ0n) is 20.0. The lowest BCUT2D eigenvalue weighted by Gasteiger charge is -2.41. The monoisotopic (exact) mass is 469 g/mol. The summed E-state index contributed by atoms with van der Waals surface area (Å²) in [7, 11) is -1.41. The van der Waals surface area contributed by atoms with E-state index in [0.29, 0.717) is 5.92 Å². The van der Waals surface area contributed by atoms with Gasteiger partial charge in [-0.3, -0.25) is 0 Å². The quantitative estimate of drug-likeness (QED) is 0.261. The number of hydrogen-bond donors (Lipinski definition) is 0. The lowest BCUT2D eigenvalue weighted by atomic mass is 10.2. The van der Waals surface area contributed by atoms with E-state index in [-0.39, 0.29) is 0 Å². The Morgan fingerprint density at radius 2 is 0.939 bits per heavy atom. The molecule has 0 fully saturated rings. The maximum atomic E-state index is 2.85. The highest BCUT2D eigenvalue weighted by Gasteiger charge is 2.33. The summed E-state index contributed by atoms with van der Waals surface area (Å²) in [4.78, 5) is 0. The summed E-state index contributed by atoms with van der Waals surface area (Å²) in [6.45, 7) is 10.3. The van der Waals surface area contributed by atoms with Crippen molar-refractivity contribution in [3.8, 4) is 0 Å². The maximum Gasteiger partial charge on any atom is 0.0328 e. The van der Waals surface area contributed by atoms with Crippen LogP contribution in [0.2, 0.25) is 0 Å². The van der Waals surface area contributed by atoms with Gasteiger partial charge in [0, 0.05) is 22.7 Å². The molecule has 0 heterocycles. The fourth-order valence-corrected chi connectivity index (χ4v) is 10.8. The molecule has 1 nitrogen and oxygen atoms in total. The summed E-state index contributed by atoms with van der Waals surface area (Å²) in [6, 6.07) is 40.2. The Labute approximate surface area is 202 Å². The fraction of sp³-hybridized carbons (Fsp3) is 0.200. The smallest absolute Gasteiger partial charge is 0.0328 e. The first kappa shape index (κ1) is 23.8. The summed E-state index contributed by atoms with van der Waals surface area (Å²) < 4.78 is 2.85. The highest BCUT2D eigenvalue weighted by molar-refractivity contribution is 7.84. The molecule has 0 aliphatic heterocycles. The van der Waals surface area contributed by atoms with Gasteiger partial charge in [0.05, 0.1) is 0 Å². The van der Waals surface area contributed by atoms with Gasteiger partial charge in [0.2, 0.25) is 0 Å². The second-order valence-electron chi connectivity index (χ2n) is 8.82. The molecule has 0 spiro atoms. The molecule has 4 aromatic rings. The Bertz CT molecular complexity index is 1070. The topological polar surface area (TPSA) is 3.24 Å². The zero-order chi connectivity index (χ0) is 23.2. The average Bonchev–Trinajstić information content (AvgIpc) is 2.83. The molecule has 0 amide bonds. The molecule has 0 saturated heterocycles. The van der Waals surface area contributed by atoms with Crippen molar-refractivity contribution in [2.24, 2.45) is 5.92 Å². The van der Waals surface area contributed by atoms with Crippen LogP contribution in [0, 0.1) is 19.8 Å². The summed E-state index contributed by atoms with van der Waals surface area (Å²) >= 11 is 0. The highest BCUT2D eigenvalue weighted by Crippen LogP contribution is 2.55. The predicted octanol–water partition coefficient (Wildman–Crippen LogP) is 6.66. The van der Waals surface area contributed by atoms with Gasteiger partial charge in [-0.25, -0.2) is 4.44 Å². The first-order chi connectivity index (χ1) is 16.1. The van der Waals surface area contributed by atoms with E-state index in [1.807, 2.05) is 0 Å². The second-order valence-corrected chi connectivity index (χ2v) is 13.3. The predicted molar refractivity (Wildman–Crippen MR) is 149 cm³/mol. The van der Waals surface area contributed by atoms with Gasteiger partial charge in [-0.05, 0) is 52.1 Å². The number of rotatable bonds is 8.